The van der Waals surface area contributed by atoms with Crippen molar-refractivity contribution < 1.29 is 14.0 Å². The van der Waals surface area contributed by atoms with Crippen LogP contribution < -0.4 is 5.32 Å². The number of benzene rings is 2. The molecule has 8 heteroatoms. The summed E-state index contributed by atoms with van der Waals surface area (Å²) in [6, 6.07) is 12.3. The van der Waals surface area contributed by atoms with Gasteiger partial charge in [0.25, 0.3) is 0 Å². The first-order valence-corrected chi connectivity index (χ1v) is 8.90. The van der Waals surface area contributed by atoms with Crippen molar-refractivity contribution in [3.8, 4) is 0 Å². The molecule has 1 aliphatic heterocycles. The third kappa shape index (κ3) is 4.77. The van der Waals surface area contributed by atoms with E-state index < -0.39 is 5.25 Å². The summed E-state index contributed by atoms with van der Waals surface area (Å²) in [4.78, 5) is 24.3. The van der Waals surface area contributed by atoms with Gasteiger partial charge in [-0.25, -0.2) is 4.39 Å². The van der Waals surface area contributed by atoms with E-state index >= 15 is 0 Å². The molecule has 1 fully saturated rings. The lowest BCUT2D eigenvalue weighted by Crippen LogP contribution is -2.26. The molecule has 1 amide bonds. The van der Waals surface area contributed by atoms with Crippen molar-refractivity contribution >= 4 is 46.4 Å². The zero-order valence-electron chi connectivity index (χ0n) is 13.4. The predicted octanol–water partition coefficient (Wildman–Crippen LogP) is 3.67. The van der Waals surface area contributed by atoms with Crippen LogP contribution in [0.25, 0.3) is 0 Å². The fraction of sp³-hybridized carbons (Fsp3) is 0.111. The van der Waals surface area contributed by atoms with E-state index in [1.54, 1.807) is 36.4 Å². The van der Waals surface area contributed by atoms with E-state index in [0.29, 0.717) is 21.3 Å². The number of thioether (sulfide) groups is 1. The molecule has 0 radical (unpaired) electrons. The molecular formula is C18H13ClFN3O2S. The number of nitrogens with zero attached hydrogens (tertiary/aromatic N) is 2. The highest BCUT2D eigenvalue weighted by Crippen LogP contribution is 2.24. The van der Waals surface area contributed by atoms with Gasteiger partial charge in [-0.2, -0.15) is 5.10 Å². The van der Waals surface area contributed by atoms with E-state index in [1.807, 2.05) is 0 Å². The van der Waals surface area contributed by atoms with E-state index in [9.17, 15) is 14.0 Å². The molecule has 132 valence electrons. The Kier molecular flexibility index (Phi) is 5.80. The van der Waals surface area contributed by atoms with Crippen LogP contribution in [0.15, 0.2) is 58.7 Å². The molecule has 0 aliphatic carbocycles. The second kappa shape index (κ2) is 8.25. The zero-order chi connectivity index (χ0) is 18.5. The quantitative estimate of drug-likeness (QED) is 0.481. The van der Waals surface area contributed by atoms with Gasteiger partial charge < -0.3 is 5.32 Å². The Balaban J connectivity index is 1.60. The normalized spacial score (nSPS) is 18.5. The predicted molar refractivity (Wildman–Crippen MR) is 101 cm³/mol. The van der Waals surface area contributed by atoms with E-state index in [4.69, 9.17) is 11.6 Å². The van der Waals surface area contributed by atoms with Crippen molar-refractivity contribution in [2.45, 2.75) is 11.7 Å². The van der Waals surface area contributed by atoms with Gasteiger partial charge in [0.15, 0.2) is 11.0 Å². The Morgan fingerprint density at radius 3 is 2.58 bits per heavy atom. The number of nitrogens with one attached hydrogen (secondary N) is 1. The van der Waals surface area contributed by atoms with Crippen molar-refractivity contribution in [1.82, 2.24) is 5.32 Å². The van der Waals surface area contributed by atoms with E-state index in [1.165, 1.54) is 18.3 Å². The van der Waals surface area contributed by atoms with Crippen LogP contribution in [0.1, 0.15) is 22.3 Å². The lowest BCUT2D eigenvalue weighted by Gasteiger charge is -2.04. The molecule has 1 unspecified atom stereocenters. The largest absolute Gasteiger partial charge is 0.303 e. The van der Waals surface area contributed by atoms with E-state index in [0.717, 1.165) is 11.8 Å². The van der Waals surface area contributed by atoms with Gasteiger partial charge in [0.2, 0.25) is 5.91 Å². The topological polar surface area (TPSA) is 70.9 Å². The van der Waals surface area contributed by atoms with Crippen LogP contribution in [0.2, 0.25) is 5.02 Å². The SMILES string of the molecule is O=C(CC1S/C(=N/N=C/c2ccc(F)cc2)NC1=O)c1ccc(Cl)cc1. The minimum absolute atomic E-state index is 0.0544. The van der Waals surface area contributed by atoms with Gasteiger partial charge in [0.1, 0.15) is 5.82 Å². The highest BCUT2D eigenvalue weighted by molar-refractivity contribution is 8.15. The first-order valence-electron chi connectivity index (χ1n) is 7.64. The second-order valence-electron chi connectivity index (χ2n) is 5.43. The molecule has 0 spiro atoms. The van der Waals surface area contributed by atoms with Crippen molar-refractivity contribution in [1.29, 1.82) is 0 Å². The third-order valence-electron chi connectivity index (χ3n) is 3.54. The molecule has 1 aliphatic rings. The van der Waals surface area contributed by atoms with Crippen LogP contribution in [0.3, 0.4) is 0 Å². The molecule has 1 saturated heterocycles. The molecule has 2 aromatic rings. The van der Waals surface area contributed by atoms with Crippen LogP contribution in [0, 0.1) is 5.82 Å². The number of amidine groups is 1. The summed E-state index contributed by atoms with van der Waals surface area (Å²) in [5.41, 5.74) is 1.18. The van der Waals surface area contributed by atoms with E-state index in [2.05, 4.69) is 15.5 Å². The first kappa shape index (κ1) is 18.3. The average molecular weight is 390 g/mol. The maximum Gasteiger partial charge on any atom is 0.240 e. The van der Waals surface area contributed by atoms with Crippen molar-refractivity contribution in [2.75, 3.05) is 0 Å². The van der Waals surface area contributed by atoms with Crippen LogP contribution in [-0.4, -0.2) is 28.3 Å². The molecule has 0 bridgehead atoms. The van der Waals surface area contributed by atoms with Crippen LogP contribution >= 0.6 is 23.4 Å². The number of carbonyl (C=O) groups is 2. The number of amides is 1. The van der Waals surface area contributed by atoms with Crippen LogP contribution in [0.4, 0.5) is 4.39 Å². The lowest BCUT2D eigenvalue weighted by molar-refractivity contribution is -0.118. The number of ketones is 1. The molecule has 2 aromatic carbocycles. The van der Waals surface area contributed by atoms with Gasteiger partial charge in [0.05, 0.1) is 11.5 Å². The summed E-state index contributed by atoms with van der Waals surface area (Å²) in [5, 5.41) is 10.7. The summed E-state index contributed by atoms with van der Waals surface area (Å²) in [5.74, 6) is -0.765. The van der Waals surface area contributed by atoms with E-state index in [-0.39, 0.29) is 23.9 Å². The summed E-state index contributed by atoms with van der Waals surface area (Å²) in [7, 11) is 0. The van der Waals surface area contributed by atoms with Gasteiger partial charge in [-0.05, 0) is 42.0 Å². The Labute approximate surface area is 158 Å². The third-order valence-corrected chi connectivity index (χ3v) is 4.86. The van der Waals surface area contributed by atoms with Gasteiger partial charge in [0, 0.05) is 17.0 Å². The summed E-state index contributed by atoms with van der Waals surface area (Å²) < 4.78 is 12.8. The minimum Gasteiger partial charge on any atom is -0.303 e. The highest BCUT2D eigenvalue weighted by atomic mass is 35.5. The minimum atomic E-state index is -0.557. The molecule has 1 N–H and O–H groups in total. The first-order chi connectivity index (χ1) is 12.5. The molecule has 0 aromatic heterocycles. The maximum absolute atomic E-state index is 12.8. The smallest absolute Gasteiger partial charge is 0.240 e. The number of carbonyl (C=O) groups excluding carboxylic acids is 2. The Bertz CT molecular complexity index is 882. The van der Waals surface area contributed by atoms with Gasteiger partial charge in [-0.1, -0.05) is 35.5 Å². The van der Waals surface area contributed by atoms with Crippen LogP contribution in [-0.2, 0) is 4.79 Å². The average Bonchev–Trinajstić information content (AvgIpc) is 2.97. The van der Waals surface area contributed by atoms with Crippen molar-refractivity contribution in [2.24, 2.45) is 10.2 Å². The zero-order valence-corrected chi connectivity index (χ0v) is 14.9. The molecular weight excluding hydrogens is 377 g/mol. The van der Waals surface area contributed by atoms with Gasteiger partial charge >= 0.3 is 0 Å². The molecule has 3 rings (SSSR count). The summed E-state index contributed by atoms with van der Waals surface area (Å²) in [6.07, 6.45) is 1.50. The lowest BCUT2D eigenvalue weighted by atomic mass is 10.1. The number of halogens is 2. The number of hydrogen-bond acceptors (Lipinski definition) is 5. The summed E-state index contributed by atoms with van der Waals surface area (Å²) in [6.45, 7) is 0. The Morgan fingerprint density at radius 2 is 1.88 bits per heavy atom. The second-order valence-corrected chi connectivity index (χ2v) is 7.06. The fourth-order valence-electron chi connectivity index (χ4n) is 2.21. The van der Waals surface area contributed by atoms with Crippen molar-refractivity contribution in [3.63, 3.8) is 0 Å². The molecule has 1 heterocycles. The van der Waals surface area contributed by atoms with Gasteiger partial charge in [-0.3, -0.25) is 9.59 Å². The number of rotatable bonds is 5. The van der Waals surface area contributed by atoms with Gasteiger partial charge in [-0.15, -0.1) is 5.10 Å². The maximum atomic E-state index is 12.8. The summed E-state index contributed by atoms with van der Waals surface area (Å²) >= 11 is 6.95. The molecule has 5 nitrogen and oxygen atoms in total. The standard InChI is InChI=1S/C18H13ClFN3O2S/c19-13-5-3-12(4-6-13)15(24)9-16-17(25)22-18(26-16)23-21-10-11-1-7-14(20)8-2-11/h1-8,10,16H,9H2,(H,22,23,25)/b21-10+. The molecule has 26 heavy (non-hydrogen) atoms. The molecule has 0 saturated carbocycles. The number of hydrogen-bond donors (Lipinski definition) is 1. The highest BCUT2D eigenvalue weighted by Gasteiger charge is 2.32. The number of Topliss-reactive ketones (excluding diaryl/α,β-unsaturated/α-hetero) is 1. The van der Waals surface area contributed by atoms with Crippen LogP contribution in [0.5, 0.6) is 0 Å². The Morgan fingerprint density at radius 1 is 1.19 bits per heavy atom. The van der Waals surface area contributed by atoms with Crippen molar-refractivity contribution in [3.05, 3.63) is 70.5 Å². The Hall–Kier alpha value is -2.51. The fourth-order valence-corrected chi connectivity index (χ4v) is 3.26. The molecule has 1 atom stereocenters. The monoisotopic (exact) mass is 389 g/mol.